The van der Waals surface area contributed by atoms with Crippen molar-refractivity contribution in [1.82, 2.24) is 0 Å². The van der Waals surface area contributed by atoms with E-state index in [1.165, 1.54) is 19.3 Å². The topological polar surface area (TPSA) is 57.1 Å². The molecule has 0 bridgehead atoms. The van der Waals surface area contributed by atoms with Crippen LogP contribution < -0.4 is 14.2 Å². The lowest BCUT2D eigenvalue weighted by Crippen LogP contribution is -2.13. The van der Waals surface area contributed by atoms with Crippen LogP contribution in [0.5, 0.6) is 17.2 Å². The third kappa shape index (κ3) is 6.71. The Morgan fingerprint density at radius 1 is 0.868 bits per heavy atom. The first-order valence-corrected chi connectivity index (χ1v) is 13.4. The molecule has 5 nitrogen and oxygen atoms in total. The van der Waals surface area contributed by atoms with Crippen molar-refractivity contribution in [2.24, 2.45) is 4.99 Å². The number of hydrogen-bond donors (Lipinski definition) is 0. The number of benzene rings is 3. The van der Waals surface area contributed by atoms with Crippen molar-refractivity contribution in [3.8, 4) is 17.2 Å². The van der Waals surface area contributed by atoms with Crippen LogP contribution >= 0.6 is 0 Å². The highest BCUT2D eigenvalue weighted by Gasteiger charge is 2.26. The second kappa shape index (κ2) is 13.6. The SMILES string of the molecule is CCCCCCN=CCOc1ccc(C(=O)C2=C(c3cccc(OC)c3)CCc3cc(OC)ccc32)cc1. The Balaban J connectivity index is 1.56. The Morgan fingerprint density at radius 2 is 1.63 bits per heavy atom. The normalized spacial score (nSPS) is 12.9. The minimum Gasteiger partial charge on any atom is -0.497 e. The number of nitrogens with zero attached hydrogens (tertiary/aromatic N) is 1. The minimum absolute atomic E-state index is 0.00544. The molecule has 1 aliphatic carbocycles. The van der Waals surface area contributed by atoms with E-state index in [0.717, 1.165) is 70.9 Å². The maximum atomic E-state index is 14.0. The zero-order valence-corrected chi connectivity index (χ0v) is 22.7. The average Bonchev–Trinajstić information content (AvgIpc) is 2.97. The second-order valence-corrected chi connectivity index (χ2v) is 9.42. The molecule has 0 N–H and O–H groups in total. The largest absolute Gasteiger partial charge is 0.497 e. The first-order valence-electron chi connectivity index (χ1n) is 13.4. The number of fused-ring (bicyclic) bond motifs is 1. The van der Waals surface area contributed by atoms with Gasteiger partial charge in [-0.25, -0.2) is 0 Å². The molecule has 5 heteroatoms. The third-order valence-electron chi connectivity index (χ3n) is 6.88. The lowest BCUT2D eigenvalue weighted by Gasteiger charge is -2.24. The molecule has 3 aromatic rings. The molecule has 0 saturated carbocycles. The van der Waals surface area contributed by atoms with Crippen LogP contribution in [0.2, 0.25) is 0 Å². The van der Waals surface area contributed by atoms with E-state index in [1.54, 1.807) is 14.2 Å². The summed E-state index contributed by atoms with van der Waals surface area (Å²) in [7, 11) is 3.32. The number of carbonyl (C=O) groups is 1. The fourth-order valence-corrected chi connectivity index (χ4v) is 4.81. The van der Waals surface area contributed by atoms with Crippen LogP contribution in [-0.4, -0.2) is 39.4 Å². The van der Waals surface area contributed by atoms with E-state index < -0.39 is 0 Å². The number of ketones is 1. The minimum atomic E-state index is -0.00544. The van der Waals surface area contributed by atoms with E-state index in [2.05, 4.69) is 11.9 Å². The number of aliphatic imine (C=N–C) groups is 1. The standard InChI is InChI=1S/C33H37NO4/c1-4-5-6-7-19-34-20-21-38-27-14-11-24(12-15-27)33(35)32-30(25-9-8-10-28(22-25)36-2)17-13-26-23-29(37-3)16-18-31(26)32/h8-12,14-16,18,20,22-23H,4-7,13,17,19,21H2,1-3H3. The highest BCUT2D eigenvalue weighted by atomic mass is 16.5. The molecular weight excluding hydrogens is 474 g/mol. The van der Waals surface area contributed by atoms with Gasteiger partial charge in [0.2, 0.25) is 0 Å². The van der Waals surface area contributed by atoms with Gasteiger partial charge >= 0.3 is 0 Å². The molecule has 0 heterocycles. The summed E-state index contributed by atoms with van der Waals surface area (Å²) in [6.45, 7) is 3.47. The number of Topliss-reactive ketones (excluding diaryl/α,β-unsaturated/α-hetero) is 1. The summed E-state index contributed by atoms with van der Waals surface area (Å²) < 4.78 is 16.7. The summed E-state index contributed by atoms with van der Waals surface area (Å²) in [4.78, 5) is 18.4. The quantitative estimate of drug-likeness (QED) is 0.136. The van der Waals surface area contributed by atoms with E-state index in [-0.39, 0.29) is 5.78 Å². The number of rotatable bonds is 13. The summed E-state index contributed by atoms with van der Waals surface area (Å²) in [5.74, 6) is 2.28. The van der Waals surface area contributed by atoms with Gasteiger partial charge in [-0.05, 0) is 90.1 Å². The van der Waals surface area contributed by atoms with Gasteiger partial charge in [0.05, 0.1) is 14.2 Å². The Kier molecular flexibility index (Phi) is 9.74. The van der Waals surface area contributed by atoms with Crippen molar-refractivity contribution in [2.45, 2.75) is 45.4 Å². The van der Waals surface area contributed by atoms with E-state index in [9.17, 15) is 4.79 Å². The first kappa shape index (κ1) is 27.2. The molecule has 4 rings (SSSR count). The van der Waals surface area contributed by atoms with Gasteiger partial charge < -0.3 is 14.2 Å². The average molecular weight is 512 g/mol. The van der Waals surface area contributed by atoms with Crippen LogP contribution in [-0.2, 0) is 6.42 Å². The Hall–Kier alpha value is -3.86. The summed E-state index contributed by atoms with van der Waals surface area (Å²) >= 11 is 0. The molecule has 0 saturated heterocycles. The number of ether oxygens (including phenoxy) is 3. The molecule has 1 aliphatic rings. The van der Waals surface area contributed by atoms with Crippen LogP contribution in [0.1, 0.15) is 66.1 Å². The molecule has 0 aromatic heterocycles. The highest BCUT2D eigenvalue weighted by Crippen LogP contribution is 2.40. The fourth-order valence-electron chi connectivity index (χ4n) is 4.81. The Labute approximate surface area is 226 Å². The van der Waals surface area contributed by atoms with Crippen molar-refractivity contribution in [3.05, 3.63) is 89.0 Å². The molecule has 0 aliphatic heterocycles. The van der Waals surface area contributed by atoms with Crippen LogP contribution in [0, 0.1) is 0 Å². The number of allylic oxidation sites excluding steroid dienone is 2. The zero-order chi connectivity index (χ0) is 26.7. The molecular formula is C33H37NO4. The number of methoxy groups -OCH3 is 2. The summed E-state index contributed by atoms with van der Waals surface area (Å²) in [5, 5.41) is 0. The van der Waals surface area contributed by atoms with Crippen LogP contribution in [0.3, 0.4) is 0 Å². The number of aryl methyl sites for hydroxylation is 1. The van der Waals surface area contributed by atoms with E-state index in [1.807, 2.05) is 72.9 Å². The van der Waals surface area contributed by atoms with Crippen molar-refractivity contribution in [3.63, 3.8) is 0 Å². The van der Waals surface area contributed by atoms with Gasteiger partial charge in [-0.1, -0.05) is 44.4 Å². The molecule has 0 unspecified atom stereocenters. The first-order chi connectivity index (χ1) is 18.6. The van der Waals surface area contributed by atoms with Gasteiger partial charge in [0.25, 0.3) is 0 Å². The number of hydrogen-bond acceptors (Lipinski definition) is 5. The predicted molar refractivity (Wildman–Crippen MR) is 155 cm³/mol. The van der Waals surface area contributed by atoms with Crippen molar-refractivity contribution in [1.29, 1.82) is 0 Å². The van der Waals surface area contributed by atoms with Crippen LogP contribution in [0.25, 0.3) is 11.1 Å². The monoisotopic (exact) mass is 511 g/mol. The van der Waals surface area contributed by atoms with Gasteiger partial charge in [-0.2, -0.15) is 0 Å². The van der Waals surface area contributed by atoms with Gasteiger partial charge in [0, 0.05) is 23.9 Å². The lowest BCUT2D eigenvalue weighted by molar-refractivity contribution is 0.105. The number of carbonyl (C=O) groups excluding carboxylic acids is 1. The van der Waals surface area contributed by atoms with Crippen molar-refractivity contribution in [2.75, 3.05) is 27.4 Å². The molecule has 198 valence electrons. The number of unbranched alkanes of at least 4 members (excludes halogenated alkanes) is 3. The van der Waals surface area contributed by atoms with E-state index in [4.69, 9.17) is 14.2 Å². The van der Waals surface area contributed by atoms with Gasteiger partial charge in [0.1, 0.15) is 23.9 Å². The van der Waals surface area contributed by atoms with Gasteiger partial charge in [-0.15, -0.1) is 0 Å². The van der Waals surface area contributed by atoms with E-state index >= 15 is 0 Å². The smallest absolute Gasteiger partial charge is 0.193 e. The lowest BCUT2D eigenvalue weighted by atomic mass is 9.79. The van der Waals surface area contributed by atoms with Crippen molar-refractivity contribution < 1.29 is 19.0 Å². The van der Waals surface area contributed by atoms with E-state index in [0.29, 0.717) is 12.2 Å². The van der Waals surface area contributed by atoms with Crippen LogP contribution in [0.15, 0.2) is 71.7 Å². The third-order valence-corrected chi connectivity index (χ3v) is 6.88. The Bertz CT molecular complexity index is 1290. The molecule has 3 aromatic carbocycles. The van der Waals surface area contributed by atoms with Crippen molar-refractivity contribution >= 4 is 23.1 Å². The molecule has 38 heavy (non-hydrogen) atoms. The molecule has 0 fully saturated rings. The maximum absolute atomic E-state index is 14.0. The predicted octanol–water partition coefficient (Wildman–Crippen LogP) is 7.47. The van der Waals surface area contributed by atoms with Gasteiger partial charge in [-0.3, -0.25) is 9.79 Å². The second-order valence-electron chi connectivity index (χ2n) is 9.42. The summed E-state index contributed by atoms with van der Waals surface area (Å²) in [6, 6.07) is 21.3. The molecule has 0 radical (unpaired) electrons. The zero-order valence-electron chi connectivity index (χ0n) is 22.7. The Morgan fingerprint density at radius 3 is 2.39 bits per heavy atom. The molecule has 0 amide bonds. The molecule has 0 spiro atoms. The summed E-state index contributed by atoms with van der Waals surface area (Å²) in [5.41, 5.74) is 5.46. The fraction of sp³-hybridized carbons (Fsp3) is 0.333. The summed E-state index contributed by atoms with van der Waals surface area (Å²) in [6.07, 6.45) is 8.24. The van der Waals surface area contributed by atoms with Crippen LogP contribution in [0.4, 0.5) is 0 Å². The maximum Gasteiger partial charge on any atom is 0.193 e. The molecule has 0 atom stereocenters. The highest BCUT2D eigenvalue weighted by molar-refractivity contribution is 6.35. The van der Waals surface area contributed by atoms with Gasteiger partial charge in [0.15, 0.2) is 5.78 Å².